The van der Waals surface area contributed by atoms with Crippen LogP contribution >= 0.6 is 15.9 Å². The first-order valence-electron chi connectivity index (χ1n) is 5.86. The van der Waals surface area contributed by atoms with E-state index in [0.29, 0.717) is 16.8 Å². The van der Waals surface area contributed by atoms with E-state index in [9.17, 15) is 14.9 Å². The number of carboxylic acids is 1. The summed E-state index contributed by atoms with van der Waals surface area (Å²) >= 11 is 3.15. The molecule has 0 bridgehead atoms. The molecule has 0 aliphatic heterocycles. The first-order chi connectivity index (χ1) is 9.43. The average Bonchev–Trinajstić information content (AvgIpc) is 2.36. The summed E-state index contributed by atoms with van der Waals surface area (Å²) in [4.78, 5) is 21.0. The van der Waals surface area contributed by atoms with Gasteiger partial charge in [0.15, 0.2) is 6.10 Å². The Kier molecular flexibility index (Phi) is 6.40. The number of nitro benzene ring substituents is 1. The van der Waals surface area contributed by atoms with E-state index in [0.717, 1.165) is 0 Å². The highest BCUT2D eigenvalue weighted by Gasteiger charge is 2.17. The third-order valence-electron chi connectivity index (χ3n) is 2.36. The Morgan fingerprint density at radius 3 is 2.75 bits per heavy atom. The van der Waals surface area contributed by atoms with Crippen LogP contribution in [0.25, 0.3) is 0 Å². The van der Waals surface area contributed by atoms with Crippen LogP contribution in [-0.4, -0.2) is 35.3 Å². The number of rotatable bonds is 8. The Hall–Kier alpha value is -1.67. The van der Waals surface area contributed by atoms with Gasteiger partial charge < -0.3 is 14.6 Å². The van der Waals surface area contributed by atoms with Crippen molar-refractivity contribution in [1.29, 1.82) is 0 Å². The summed E-state index contributed by atoms with van der Waals surface area (Å²) in [6.07, 6.45) is -0.786. The van der Waals surface area contributed by atoms with Gasteiger partial charge in [-0.05, 0) is 13.0 Å². The predicted octanol–water partition coefficient (Wildman–Crippen LogP) is 2.62. The maximum atomic E-state index is 10.9. The standard InChI is InChI=1S/C12H14BrNO6/c1-2-19-11(12(15)16)3-4-20-10-6-8(13)5-9(7-10)14(17)18/h5-7,11H,2-4H2,1H3,(H,15,16). The van der Waals surface area contributed by atoms with E-state index in [1.165, 1.54) is 12.1 Å². The molecule has 0 aliphatic carbocycles. The summed E-state index contributed by atoms with van der Waals surface area (Å²) < 4.78 is 10.9. The van der Waals surface area contributed by atoms with E-state index in [1.54, 1.807) is 13.0 Å². The lowest BCUT2D eigenvalue weighted by atomic mass is 10.2. The van der Waals surface area contributed by atoms with Crippen LogP contribution in [-0.2, 0) is 9.53 Å². The summed E-state index contributed by atoms with van der Waals surface area (Å²) in [6.45, 7) is 2.08. The number of aliphatic carboxylic acids is 1. The fourth-order valence-electron chi connectivity index (χ4n) is 1.50. The monoisotopic (exact) mass is 347 g/mol. The van der Waals surface area contributed by atoms with Gasteiger partial charge in [0.2, 0.25) is 0 Å². The first kappa shape index (κ1) is 16.4. The molecule has 0 spiro atoms. The number of carbonyl (C=O) groups is 1. The smallest absolute Gasteiger partial charge is 0.332 e. The number of hydrogen-bond acceptors (Lipinski definition) is 5. The maximum absolute atomic E-state index is 10.9. The van der Waals surface area contributed by atoms with Crippen molar-refractivity contribution >= 4 is 27.6 Å². The molecule has 0 radical (unpaired) electrons. The van der Waals surface area contributed by atoms with Crippen LogP contribution in [0.2, 0.25) is 0 Å². The van der Waals surface area contributed by atoms with Gasteiger partial charge in [-0.15, -0.1) is 0 Å². The molecule has 0 aromatic heterocycles. The molecule has 0 heterocycles. The quantitative estimate of drug-likeness (QED) is 0.573. The Morgan fingerprint density at radius 2 is 2.20 bits per heavy atom. The maximum Gasteiger partial charge on any atom is 0.332 e. The summed E-state index contributed by atoms with van der Waals surface area (Å²) in [6, 6.07) is 4.21. The summed E-state index contributed by atoms with van der Waals surface area (Å²) in [7, 11) is 0. The van der Waals surface area contributed by atoms with Crippen LogP contribution < -0.4 is 4.74 Å². The van der Waals surface area contributed by atoms with Gasteiger partial charge in [0.1, 0.15) is 5.75 Å². The van der Waals surface area contributed by atoms with Crippen molar-refractivity contribution in [3.05, 3.63) is 32.8 Å². The molecule has 1 aromatic carbocycles. The van der Waals surface area contributed by atoms with Crippen molar-refractivity contribution in [3.8, 4) is 5.75 Å². The minimum absolute atomic E-state index is 0.0879. The molecule has 0 saturated heterocycles. The molecule has 1 unspecified atom stereocenters. The average molecular weight is 348 g/mol. The van der Waals surface area contributed by atoms with Gasteiger partial charge in [0.25, 0.3) is 5.69 Å². The Morgan fingerprint density at radius 1 is 1.50 bits per heavy atom. The molecule has 20 heavy (non-hydrogen) atoms. The predicted molar refractivity (Wildman–Crippen MR) is 74.0 cm³/mol. The zero-order chi connectivity index (χ0) is 15.1. The highest BCUT2D eigenvalue weighted by atomic mass is 79.9. The van der Waals surface area contributed by atoms with Crippen LogP contribution in [0.5, 0.6) is 5.75 Å². The fraction of sp³-hybridized carbons (Fsp3) is 0.417. The van der Waals surface area contributed by atoms with E-state index in [2.05, 4.69) is 15.9 Å². The van der Waals surface area contributed by atoms with Crippen LogP contribution in [0.3, 0.4) is 0 Å². The number of nitro groups is 1. The molecule has 1 atom stereocenters. The third kappa shape index (κ3) is 5.14. The van der Waals surface area contributed by atoms with E-state index in [-0.39, 0.29) is 18.7 Å². The number of halogens is 1. The largest absolute Gasteiger partial charge is 0.493 e. The molecular formula is C12H14BrNO6. The number of benzene rings is 1. The molecule has 0 fully saturated rings. The van der Waals surface area contributed by atoms with E-state index >= 15 is 0 Å². The summed E-state index contributed by atoms with van der Waals surface area (Å²) in [5.74, 6) is -0.762. The second kappa shape index (κ2) is 7.81. The molecule has 110 valence electrons. The molecule has 0 aliphatic rings. The van der Waals surface area contributed by atoms with E-state index < -0.39 is 17.0 Å². The SMILES string of the molecule is CCOC(CCOc1cc(Br)cc([N+](=O)[O-])c1)C(=O)O. The highest BCUT2D eigenvalue weighted by Crippen LogP contribution is 2.26. The van der Waals surface area contributed by atoms with E-state index in [4.69, 9.17) is 14.6 Å². The minimum Gasteiger partial charge on any atom is -0.493 e. The Bertz CT molecular complexity index is 493. The second-order valence-corrected chi connectivity index (χ2v) is 4.74. The summed E-state index contributed by atoms with van der Waals surface area (Å²) in [5, 5.41) is 19.6. The van der Waals surface area contributed by atoms with Crippen LogP contribution in [0, 0.1) is 10.1 Å². The lowest BCUT2D eigenvalue weighted by Crippen LogP contribution is -2.26. The molecule has 0 amide bonds. The van der Waals surface area contributed by atoms with Crippen molar-refractivity contribution in [3.63, 3.8) is 0 Å². The first-order valence-corrected chi connectivity index (χ1v) is 6.65. The normalized spacial score (nSPS) is 11.9. The van der Waals surface area contributed by atoms with Crippen molar-refractivity contribution in [2.45, 2.75) is 19.4 Å². The molecule has 1 rings (SSSR count). The molecule has 1 N–H and O–H groups in total. The molecule has 1 aromatic rings. The van der Waals surface area contributed by atoms with Gasteiger partial charge in [-0.1, -0.05) is 15.9 Å². The van der Waals surface area contributed by atoms with Crippen molar-refractivity contribution in [2.24, 2.45) is 0 Å². The lowest BCUT2D eigenvalue weighted by molar-refractivity contribution is -0.385. The number of hydrogen-bond donors (Lipinski definition) is 1. The fourth-order valence-corrected chi connectivity index (χ4v) is 1.96. The lowest BCUT2D eigenvalue weighted by Gasteiger charge is -2.13. The van der Waals surface area contributed by atoms with Crippen molar-refractivity contribution < 1.29 is 24.3 Å². The van der Waals surface area contributed by atoms with Gasteiger partial charge >= 0.3 is 5.97 Å². The van der Waals surface area contributed by atoms with Gasteiger partial charge in [0, 0.05) is 23.6 Å². The number of nitrogens with zero attached hydrogens (tertiary/aromatic N) is 1. The highest BCUT2D eigenvalue weighted by molar-refractivity contribution is 9.10. The molecule has 8 heteroatoms. The van der Waals surface area contributed by atoms with Gasteiger partial charge in [-0.25, -0.2) is 4.79 Å². The van der Waals surface area contributed by atoms with Gasteiger partial charge in [0.05, 0.1) is 17.6 Å². The number of carboxylic acid groups (broad SMARTS) is 1. The zero-order valence-electron chi connectivity index (χ0n) is 10.7. The molecule has 0 saturated carbocycles. The van der Waals surface area contributed by atoms with Crippen LogP contribution in [0.4, 0.5) is 5.69 Å². The van der Waals surface area contributed by atoms with Crippen molar-refractivity contribution in [1.82, 2.24) is 0 Å². The van der Waals surface area contributed by atoms with E-state index in [1.807, 2.05) is 0 Å². The van der Waals surface area contributed by atoms with Crippen LogP contribution in [0.1, 0.15) is 13.3 Å². The van der Waals surface area contributed by atoms with Gasteiger partial charge in [-0.2, -0.15) is 0 Å². The third-order valence-corrected chi connectivity index (χ3v) is 2.82. The second-order valence-electron chi connectivity index (χ2n) is 3.82. The van der Waals surface area contributed by atoms with Gasteiger partial charge in [-0.3, -0.25) is 10.1 Å². The molecular weight excluding hydrogens is 334 g/mol. The topological polar surface area (TPSA) is 98.9 Å². The molecule has 7 nitrogen and oxygen atoms in total. The van der Waals surface area contributed by atoms with Crippen molar-refractivity contribution in [2.75, 3.05) is 13.2 Å². The zero-order valence-corrected chi connectivity index (χ0v) is 12.3. The minimum atomic E-state index is -1.06. The Balaban J connectivity index is 2.61. The number of non-ortho nitro benzene ring substituents is 1. The summed E-state index contributed by atoms with van der Waals surface area (Å²) in [5.41, 5.74) is -0.103. The van der Waals surface area contributed by atoms with Crippen LogP contribution in [0.15, 0.2) is 22.7 Å². The number of ether oxygens (including phenoxy) is 2. The Labute approximate surface area is 123 Å².